The first kappa shape index (κ1) is 30.9. The van der Waals surface area contributed by atoms with E-state index in [4.69, 9.17) is 24.7 Å². The van der Waals surface area contributed by atoms with Gasteiger partial charge < -0.3 is 29.8 Å². The number of carboxylic acid groups (broad SMARTS) is 1. The molecular weight excluding hydrogens is 470 g/mol. The van der Waals surface area contributed by atoms with Gasteiger partial charge in [-0.15, -0.1) is 0 Å². The maximum absolute atomic E-state index is 12.4. The van der Waals surface area contributed by atoms with Gasteiger partial charge in [-0.3, -0.25) is 14.4 Å². The number of nitrogens with two attached hydrogens (primary N) is 1. The van der Waals surface area contributed by atoms with Gasteiger partial charge in [-0.05, 0) is 43.4 Å². The summed E-state index contributed by atoms with van der Waals surface area (Å²) in [6.45, 7) is 12.5. The van der Waals surface area contributed by atoms with Gasteiger partial charge in [0.1, 0.15) is 12.1 Å². The molecule has 0 aliphatic carbocycles. The van der Waals surface area contributed by atoms with Crippen LogP contribution in [0.5, 0.6) is 11.5 Å². The third-order valence-electron chi connectivity index (χ3n) is 5.47. The van der Waals surface area contributed by atoms with Crippen molar-refractivity contribution in [3.63, 3.8) is 0 Å². The second-order valence-corrected chi connectivity index (χ2v) is 9.61. The SMILES string of the molecule is CCOC(=O)OC(C)C(C)C(c1ccc(OC(=O)CC(C)C)c(OC(=O)CC(C)C)c1)[C@H](N)C(=O)O. The van der Waals surface area contributed by atoms with E-state index in [0.717, 1.165) is 0 Å². The zero-order valence-electron chi connectivity index (χ0n) is 22.1. The van der Waals surface area contributed by atoms with Crippen LogP contribution in [0.2, 0.25) is 0 Å². The van der Waals surface area contributed by atoms with Crippen LogP contribution in [0.3, 0.4) is 0 Å². The Hall–Kier alpha value is -3.14. The Labute approximate surface area is 212 Å². The van der Waals surface area contributed by atoms with Crippen LogP contribution in [0.1, 0.15) is 72.8 Å². The van der Waals surface area contributed by atoms with E-state index in [1.165, 1.54) is 12.1 Å². The van der Waals surface area contributed by atoms with E-state index in [1.54, 1.807) is 26.8 Å². The number of benzene rings is 1. The summed E-state index contributed by atoms with van der Waals surface area (Å²) in [7, 11) is 0. The van der Waals surface area contributed by atoms with Crippen LogP contribution >= 0.6 is 0 Å². The minimum absolute atomic E-state index is 0.0241. The molecule has 3 N–H and O–H groups in total. The summed E-state index contributed by atoms with van der Waals surface area (Å²) >= 11 is 0. The monoisotopic (exact) mass is 509 g/mol. The molecule has 202 valence electrons. The fourth-order valence-corrected chi connectivity index (χ4v) is 3.59. The molecule has 36 heavy (non-hydrogen) atoms. The Kier molecular flexibility index (Phi) is 12.4. The van der Waals surface area contributed by atoms with E-state index in [0.29, 0.717) is 5.56 Å². The van der Waals surface area contributed by atoms with Crippen LogP contribution in [-0.2, 0) is 23.9 Å². The Balaban J connectivity index is 3.44. The van der Waals surface area contributed by atoms with E-state index in [9.17, 15) is 24.3 Å². The molecule has 10 heteroatoms. The van der Waals surface area contributed by atoms with Gasteiger partial charge in [0.2, 0.25) is 0 Å². The number of esters is 2. The molecule has 0 heterocycles. The lowest BCUT2D eigenvalue weighted by Gasteiger charge is -2.31. The molecule has 1 aromatic carbocycles. The van der Waals surface area contributed by atoms with Gasteiger partial charge in [0, 0.05) is 24.7 Å². The number of carbonyl (C=O) groups excluding carboxylic acids is 3. The Bertz CT molecular complexity index is 913. The van der Waals surface area contributed by atoms with E-state index in [-0.39, 0.29) is 42.8 Å². The summed E-state index contributed by atoms with van der Waals surface area (Å²) in [4.78, 5) is 48.4. The highest BCUT2D eigenvalue weighted by molar-refractivity contribution is 5.77. The van der Waals surface area contributed by atoms with Crippen molar-refractivity contribution >= 4 is 24.1 Å². The average molecular weight is 510 g/mol. The lowest BCUT2D eigenvalue weighted by molar-refractivity contribution is -0.140. The minimum atomic E-state index is -1.37. The molecule has 0 spiro atoms. The van der Waals surface area contributed by atoms with Gasteiger partial charge in [-0.25, -0.2) is 4.79 Å². The first-order chi connectivity index (χ1) is 16.8. The number of carboxylic acids is 1. The number of hydrogen-bond donors (Lipinski definition) is 2. The second-order valence-electron chi connectivity index (χ2n) is 9.61. The molecule has 0 saturated heterocycles. The van der Waals surface area contributed by atoms with Crippen molar-refractivity contribution in [2.24, 2.45) is 23.5 Å². The first-order valence-corrected chi connectivity index (χ1v) is 12.1. The Morgan fingerprint density at radius 3 is 1.89 bits per heavy atom. The van der Waals surface area contributed by atoms with Crippen LogP contribution in [0.4, 0.5) is 4.79 Å². The van der Waals surface area contributed by atoms with Crippen LogP contribution in [0.15, 0.2) is 18.2 Å². The summed E-state index contributed by atoms with van der Waals surface area (Å²) in [6.07, 6.45) is -1.35. The van der Waals surface area contributed by atoms with Crippen molar-refractivity contribution in [2.75, 3.05) is 6.61 Å². The van der Waals surface area contributed by atoms with Gasteiger partial charge in [0.25, 0.3) is 0 Å². The molecule has 0 fully saturated rings. The van der Waals surface area contributed by atoms with Gasteiger partial charge in [-0.1, -0.05) is 40.7 Å². The van der Waals surface area contributed by atoms with Crippen LogP contribution in [-0.4, -0.2) is 47.9 Å². The summed E-state index contributed by atoms with van der Waals surface area (Å²) in [5.74, 6) is -3.62. The highest BCUT2D eigenvalue weighted by atomic mass is 16.7. The highest BCUT2D eigenvalue weighted by Crippen LogP contribution is 2.37. The zero-order valence-corrected chi connectivity index (χ0v) is 22.1. The van der Waals surface area contributed by atoms with E-state index >= 15 is 0 Å². The number of rotatable bonds is 13. The fourth-order valence-electron chi connectivity index (χ4n) is 3.59. The maximum atomic E-state index is 12.4. The van der Waals surface area contributed by atoms with Crippen LogP contribution in [0.25, 0.3) is 0 Å². The summed E-state index contributed by atoms with van der Waals surface area (Å²) in [5, 5.41) is 9.67. The number of aliphatic carboxylic acids is 1. The lowest BCUT2D eigenvalue weighted by Crippen LogP contribution is -2.42. The summed E-state index contributed by atoms with van der Waals surface area (Å²) in [6, 6.07) is 3.06. The van der Waals surface area contributed by atoms with Crippen LogP contribution < -0.4 is 15.2 Å². The maximum Gasteiger partial charge on any atom is 0.508 e. The molecular formula is C26H39NO9. The van der Waals surface area contributed by atoms with Crippen molar-refractivity contribution in [3.05, 3.63) is 23.8 Å². The predicted molar refractivity (Wildman–Crippen MR) is 132 cm³/mol. The quantitative estimate of drug-likeness (QED) is 0.291. The highest BCUT2D eigenvalue weighted by Gasteiger charge is 2.36. The van der Waals surface area contributed by atoms with E-state index < -0.39 is 48.0 Å². The molecule has 1 aromatic rings. The first-order valence-electron chi connectivity index (χ1n) is 12.1. The van der Waals surface area contributed by atoms with Crippen LogP contribution in [0, 0.1) is 17.8 Å². The summed E-state index contributed by atoms with van der Waals surface area (Å²) < 4.78 is 21.1. The average Bonchev–Trinajstić information content (AvgIpc) is 2.74. The van der Waals surface area contributed by atoms with E-state index in [2.05, 4.69) is 0 Å². The smallest absolute Gasteiger partial charge is 0.480 e. The van der Waals surface area contributed by atoms with Gasteiger partial charge in [-0.2, -0.15) is 0 Å². The fraction of sp³-hybridized carbons (Fsp3) is 0.615. The van der Waals surface area contributed by atoms with Gasteiger partial charge in [0.15, 0.2) is 11.5 Å². The molecule has 3 unspecified atom stereocenters. The molecule has 0 aliphatic rings. The molecule has 0 amide bonds. The van der Waals surface area contributed by atoms with Crippen molar-refractivity contribution in [1.29, 1.82) is 0 Å². The van der Waals surface area contributed by atoms with Crippen molar-refractivity contribution in [3.8, 4) is 11.5 Å². The molecule has 0 aliphatic heterocycles. The zero-order chi connectivity index (χ0) is 27.6. The second kappa shape index (κ2) is 14.4. The molecule has 4 atom stereocenters. The predicted octanol–water partition coefficient (Wildman–Crippen LogP) is 4.28. The molecule has 0 radical (unpaired) electrons. The summed E-state index contributed by atoms with van der Waals surface area (Å²) in [5.41, 5.74) is 6.46. The number of carbonyl (C=O) groups is 4. The molecule has 0 bridgehead atoms. The van der Waals surface area contributed by atoms with Gasteiger partial charge >= 0.3 is 24.1 Å². The Morgan fingerprint density at radius 2 is 1.42 bits per heavy atom. The van der Waals surface area contributed by atoms with Crippen molar-refractivity contribution < 1.29 is 43.2 Å². The molecule has 1 rings (SSSR count). The topological polar surface area (TPSA) is 151 Å². The number of hydrogen-bond acceptors (Lipinski definition) is 9. The standard InChI is InChI=1S/C26H39NO9/c1-8-33-26(32)34-17(7)16(6)23(24(27)25(30)31)18-9-10-19(35-21(28)11-14(2)3)20(13-18)36-22(29)12-15(4)5/h9-10,13-17,23-24H,8,11-12,27H2,1-7H3,(H,30,31)/t16?,17?,23?,24-/m0/s1. The third-order valence-corrected chi connectivity index (χ3v) is 5.47. The van der Waals surface area contributed by atoms with Crippen molar-refractivity contribution in [2.45, 2.75) is 79.4 Å². The lowest BCUT2D eigenvalue weighted by atomic mass is 9.79. The Morgan fingerprint density at radius 1 is 0.889 bits per heavy atom. The molecule has 10 nitrogen and oxygen atoms in total. The third kappa shape index (κ3) is 9.85. The normalized spacial score (nSPS) is 14.5. The number of ether oxygens (including phenoxy) is 4. The van der Waals surface area contributed by atoms with Gasteiger partial charge in [0.05, 0.1) is 6.61 Å². The minimum Gasteiger partial charge on any atom is -0.480 e. The molecule has 0 saturated carbocycles. The van der Waals surface area contributed by atoms with E-state index in [1.807, 2.05) is 27.7 Å². The van der Waals surface area contributed by atoms with Crippen molar-refractivity contribution in [1.82, 2.24) is 0 Å². The largest absolute Gasteiger partial charge is 0.508 e. The molecule has 0 aromatic heterocycles.